The molecule has 1 aliphatic rings. The summed E-state index contributed by atoms with van der Waals surface area (Å²) in [6, 6.07) is 10.1. The summed E-state index contributed by atoms with van der Waals surface area (Å²) >= 11 is 5.81. The van der Waals surface area contributed by atoms with Gasteiger partial charge in [-0.1, -0.05) is 23.7 Å². The smallest absolute Gasteiger partial charge is 0.309 e. The largest absolute Gasteiger partial charge is 0.348 e. The molecule has 1 saturated heterocycles. The van der Waals surface area contributed by atoms with Crippen LogP contribution in [0.5, 0.6) is 0 Å². The molecule has 30 heavy (non-hydrogen) atoms. The first-order valence-corrected chi connectivity index (χ1v) is 11.4. The van der Waals surface area contributed by atoms with E-state index in [9.17, 15) is 18.0 Å². The van der Waals surface area contributed by atoms with Crippen LogP contribution in [0.15, 0.2) is 53.7 Å². The van der Waals surface area contributed by atoms with E-state index in [1.807, 2.05) is 0 Å². The van der Waals surface area contributed by atoms with Crippen LogP contribution < -0.4 is 10.6 Å². The summed E-state index contributed by atoms with van der Waals surface area (Å²) in [7, 11) is -3.56. The Bertz CT molecular complexity index is 976. The summed E-state index contributed by atoms with van der Waals surface area (Å²) in [5.74, 6) is -1.30. The molecule has 0 atom stereocenters. The summed E-state index contributed by atoms with van der Waals surface area (Å²) < 4.78 is 26.7. The Kier molecular flexibility index (Phi) is 7.41. The number of amides is 2. The van der Waals surface area contributed by atoms with Crippen LogP contribution in [0.4, 0.5) is 0 Å². The molecule has 10 heteroatoms. The van der Waals surface area contributed by atoms with Crippen molar-refractivity contribution in [2.45, 2.75) is 24.3 Å². The molecule has 0 bridgehead atoms. The first kappa shape index (κ1) is 22.2. The summed E-state index contributed by atoms with van der Waals surface area (Å²) in [5, 5.41) is 5.80. The van der Waals surface area contributed by atoms with Crippen LogP contribution >= 0.6 is 11.6 Å². The average Bonchev–Trinajstić information content (AvgIpc) is 2.77. The minimum absolute atomic E-state index is 0.110. The average molecular weight is 451 g/mol. The number of halogens is 1. The molecule has 8 nitrogen and oxygen atoms in total. The first-order chi connectivity index (χ1) is 14.4. The maximum absolute atomic E-state index is 12.6. The van der Waals surface area contributed by atoms with Gasteiger partial charge in [0.25, 0.3) is 0 Å². The Morgan fingerprint density at radius 1 is 1.07 bits per heavy atom. The van der Waals surface area contributed by atoms with E-state index < -0.39 is 21.8 Å². The summed E-state index contributed by atoms with van der Waals surface area (Å²) in [4.78, 5) is 28.0. The van der Waals surface area contributed by atoms with E-state index in [-0.39, 0.29) is 17.4 Å². The number of sulfonamides is 1. The van der Waals surface area contributed by atoms with Crippen LogP contribution in [0.2, 0.25) is 5.02 Å². The van der Waals surface area contributed by atoms with Gasteiger partial charge < -0.3 is 10.6 Å². The van der Waals surface area contributed by atoms with Crippen molar-refractivity contribution >= 4 is 33.4 Å². The zero-order valence-corrected chi connectivity index (χ0v) is 17.8. The number of piperidine rings is 1. The number of nitrogens with one attached hydrogen (secondary N) is 2. The van der Waals surface area contributed by atoms with Crippen LogP contribution in [-0.4, -0.2) is 49.2 Å². The highest BCUT2D eigenvalue weighted by Gasteiger charge is 2.29. The molecule has 1 fully saturated rings. The SMILES string of the molecule is O=C(NCc1ccc(Cl)cc1)C(=O)NCC1CCN(S(=O)(=O)c2cccnc2)CC1. The van der Waals surface area contributed by atoms with Gasteiger partial charge in [-0.3, -0.25) is 14.6 Å². The molecule has 160 valence electrons. The van der Waals surface area contributed by atoms with Gasteiger partial charge in [0.2, 0.25) is 10.0 Å². The lowest BCUT2D eigenvalue weighted by atomic mass is 9.98. The molecule has 3 rings (SSSR count). The van der Waals surface area contributed by atoms with Crippen molar-refractivity contribution in [1.29, 1.82) is 0 Å². The fraction of sp³-hybridized carbons (Fsp3) is 0.350. The van der Waals surface area contributed by atoms with Gasteiger partial charge in [0.05, 0.1) is 0 Å². The van der Waals surface area contributed by atoms with Gasteiger partial charge in [-0.05, 0) is 48.6 Å². The second kappa shape index (κ2) is 10.0. The standard InChI is InChI=1S/C20H23ClN4O4S/c21-17-5-3-15(4-6-17)12-23-19(26)20(27)24-13-16-7-10-25(11-8-16)30(28,29)18-2-1-9-22-14-18/h1-6,9,14,16H,7-8,10-13H2,(H,23,26)(H,24,27). The number of hydrogen-bond acceptors (Lipinski definition) is 5. The molecule has 0 aliphatic carbocycles. The third-order valence-corrected chi connectivity index (χ3v) is 7.10. The predicted octanol–water partition coefficient (Wildman–Crippen LogP) is 1.57. The van der Waals surface area contributed by atoms with Crippen LogP contribution in [0.1, 0.15) is 18.4 Å². The molecule has 2 aromatic rings. The summed E-state index contributed by atoms with van der Waals surface area (Å²) in [5.41, 5.74) is 0.836. The number of nitrogens with zero attached hydrogens (tertiary/aromatic N) is 2. The maximum Gasteiger partial charge on any atom is 0.309 e. The molecule has 1 aromatic heterocycles. The third-order valence-electron chi connectivity index (χ3n) is 4.97. The van der Waals surface area contributed by atoms with Crippen LogP contribution in [-0.2, 0) is 26.2 Å². The number of pyridine rings is 1. The predicted molar refractivity (Wildman–Crippen MR) is 112 cm³/mol. The molecule has 1 aromatic carbocycles. The van der Waals surface area contributed by atoms with Crippen molar-refractivity contribution in [2.24, 2.45) is 5.92 Å². The lowest BCUT2D eigenvalue weighted by Gasteiger charge is -2.31. The minimum atomic E-state index is -3.56. The zero-order chi connectivity index (χ0) is 21.6. The Labute approximate surface area is 180 Å². The van der Waals surface area contributed by atoms with Crippen molar-refractivity contribution in [1.82, 2.24) is 19.9 Å². The van der Waals surface area contributed by atoms with Crippen molar-refractivity contribution in [3.63, 3.8) is 0 Å². The normalized spacial score (nSPS) is 15.5. The Balaban J connectivity index is 1.41. The van der Waals surface area contributed by atoms with Gasteiger partial charge in [-0.2, -0.15) is 4.31 Å². The minimum Gasteiger partial charge on any atom is -0.348 e. The molecule has 2 N–H and O–H groups in total. The van der Waals surface area contributed by atoms with E-state index in [2.05, 4.69) is 15.6 Å². The van der Waals surface area contributed by atoms with E-state index in [4.69, 9.17) is 11.6 Å². The molecule has 2 heterocycles. The second-order valence-corrected chi connectivity index (χ2v) is 9.43. The van der Waals surface area contributed by atoms with Gasteiger partial charge in [0.1, 0.15) is 4.90 Å². The molecular formula is C20H23ClN4O4S. The summed E-state index contributed by atoms with van der Waals surface area (Å²) in [6.07, 6.45) is 4.07. The highest BCUT2D eigenvalue weighted by molar-refractivity contribution is 7.89. The van der Waals surface area contributed by atoms with Crippen LogP contribution in [0, 0.1) is 5.92 Å². The number of rotatable bonds is 6. The Morgan fingerprint density at radius 3 is 2.37 bits per heavy atom. The molecule has 2 amide bonds. The lowest BCUT2D eigenvalue weighted by Crippen LogP contribution is -2.44. The van der Waals surface area contributed by atoms with Crippen molar-refractivity contribution < 1.29 is 18.0 Å². The van der Waals surface area contributed by atoms with Gasteiger partial charge in [-0.15, -0.1) is 0 Å². The lowest BCUT2D eigenvalue weighted by molar-refractivity contribution is -0.139. The van der Waals surface area contributed by atoms with E-state index in [1.54, 1.807) is 30.3 Å². The van der Waals surface area contributed by atoms with Crippen LogP contribution in [0.25, 0.3) is 0 Å². The fourth-order valence-electron chi connectivity index (χ4n) is 3.18. The summed E-state index contributed by atoms with van der Waals surface area (Å²) in [6.45, 7) is 1.28. The quantitative estimate of drug-likeness (QED) is 0.649. The number of benzene rings is 1. The number of carbonyl (C=O) groups excluding carboxylic acids is 2. The molecular weight excluding hydrogens is 428 g/mol. The van der Waals surface area contributed by atoms with Crippen molar-refractivity contribution in [2.75, 3.05) is 19.6 Å². The van der Waals surface area contributed by atoms with Crippen molar-refractivity contribution in [3.8, 4) is 0 Å². The molecule has 0 radical (unpaired) electrons. The number of carbonyl (C=O) groups is 2. The monoisotopic (exact) mass is 450 g/mol. The second-order valence-electron chi connectivity index (χ2n) is 7.06. The van der Waals surface area contributed by atoms with E-state index in [0.29, 0.717) is 37.5 Å². The zero-order valence-electron chi connectivity index (χ0n) is 16.3. The Morgan fingerprint density at radius 2 is 1.73 bits per heavy atom. The molecule has 0 spiro atoms. The fourth-order valence-corrected chi connectivity index (χ4v) is 4.74. The first-order valence-electron chi connectivity index (χ1n) is 9.57. The van der Waals surface area contributed by atoms with Crippen molar-refractivity contribution in [3.05, 3.63) is 59.4 Å². The van der Waals surface area contributed by atoms with E-state index >= 15 is 0 Å². The van der Waals surface area contributed by atoms with Gasteiger partial charge >= 0.3 is 11.8 Å². The van der Waals surface area contributed by atoms with Gasteiger partial charge in [0.15, 0.2) is 0 Å². The number of hydrogen-bond donors (Lipinski definition) is 2. The molecule has 0 unspecified atom stereocenters. The topological polar surface area (TPSA) is 108 Å². The molecule has 0 saturated carbocycles. The van der Waals surface area contributed by atoms with E-state index in [0.717, 1.165) is 5.56 Å². The third kappa shape index (κ3) is 5.78. The van der Waals surface area contributed by atoms with Gasteiger partial charge in [-0.25, -0.2) is 8.42 Å². The highest BCUT2D eigenvalue weighted by Crippen LogP contribution is 2.23. The highest BCUT2D eigenvalue weighted by atomic mass is 35.5. The van der Waals surface area contributed by atoms with E-state index in [1.165, 1.54) is 22.8 Å². The van der Waals surface area contributed by atoms with Crippen LogP contribution in [0.3, 0.4) is 0 Å². The number of aromatic nitrogens is 1. The Hall–Kier alpha value is -2.49. The molecule has 1 aliphatic heterocycles. The van der Waals surface area contributed by atoms with Gasteiger partial charge in [0, 0.05) is 43.6 Å². The maximum atomic E-state index is 12.6.